The molecule has 1 amide bonds. The van der Waals surface area contributed by atoms with Crippen molar-refractivity contribution in [3.8, 4) is 0 Å². The summed E-state index contributed by atoms with van der Waals surface area (Å²) >= 11 is 3.29. The van der Waals surface area contributed by atoms with Crippen molar-refractivity contribution in [2.24, 2.45) is 0 Å². The van der Waals surface area contributed by atoms with Crippen LogP contribution >= 0.6 is 15.9 Å². The van der Waals surface area contributed by atoms with Crippen LogP contribution in [-0.4, -0.2) is 14.3 Å². The predicted octanol–water partition coefficient (Wildman–Crippen LogP) is 4.09. The third-order valence-corrected chi connectivity index (χ3v) is 6.20. The summed E-state index contributed by atoms with van der Waals surface area (Å²) in [6.45, 7) is 0.0928. The largest absolute Gasteiger partial charge is 0.455 e. The Hall–Kier alpha value is -2.45. The van der Waals surface area contributed by atoms with Crippen molar-refractivity contribution in [3.63, 3.8) is 0 Å². The molecule has 140 valence electrons. The Kier molecular flexibility index (Phi) is 5.76. The maximum absolute atomic E-state index is 13.3. The minimum atomic E-state index is -3.56. The number of nitrogens with one attached hydrogen (secondary N) is 1. The van der Waals surface area contributed by atoms with Crippen molar-refractivity contribution in [1.82, 2.24) is 5.32 Å². The third-order valence-electron chi connectivity index (χ3n) is 3.77. The van der Waals surface area contributed by atoms with Crippen LogP contribution in [0.5, 0.6) is 0 Å². The van der Waals surface area contributed by atoms with E-state index in [1.807, 2.05) is 0 Å². The van der Waals surface area contributed by atoms with Gasteiger partial charge in [0.2, 0.25) is 0 Å². The van der Waals surface area contributed by atoms with E-state index >= 15 is 0 Å². The fourth-order valence-corrected chi connectivity index (χ4v) is 4.07. The first-order valence-corrected chi connectivity index (χ1v) is 10.4. The molecule has 8 heteroatoms. The summed E-state index contributed by atoms with van der Waals surface area (Å²) in [5, 5.41) is 2.61. The average molecular weight is 452 g/mol. The van der Waals surface area contributed by atoms with Gasteiger partial charge in [0.05, 0.1) is 4.90 Å². The van der Waals surface area contributed by atoms with Crippen molar-refractivity contribution in [1.29, 1.82) is 0 Å². The molecule has 1 aromatic heterocycles. The second kappa shape index (κ2) is 8.06. The van der Waals surface area contributed by atoms with E-state index in [0.717, 1.165) is 0 Å². The molecule has 0 unspecified atom stereocenters. The van der Waals surface area contributed by atoms with E-state index in [1.54, 1.807) is 24.3 Å². The number of rotatable bonds is 6. The van der Waals surface area contributed by atoms with Crippen molar-refractivity contribution >= 4 is 31.7 Å². The third kappa shape index (κ3) is 4.84. The molecule has 2 aromatic carbocycles. The molecule has 0 atom stereocenters. The van der Waals surface area contributed by atoms with Gasteiger partial charge in [0.15, 0.2) is 15.6 Å². The van der Waals surface area contributed by atoms with E-state index in [2.05, 4.69) is 21.2 Å². The number of benzene rings is 2. The van der Waals surface area contributed by atoms with Gasteiger partial charge in [-0.15, -0.1) is 0 Å². The maximum atomic E-state index is 13.3. The van der Waals surface area contributed by atoms with Crippen molar-refractivity contribution < 1.29 is 22.0 Å². The fraction of sp³-hybridized carbons (Fsp3) is 0.105. The van der Waals surface area contributed by atoms with Crippen LogP contribution in [0.3, 0.4) is 0 Å². The number of hydrogen-bond acceptors (Lipinski definition) is 4. The lowest BCUT2D eigenvalue weighted by atomic mass is 10.2. The van der Waals surface area contributed by atoms with Crippen LogP contribution in [0, 0.1) is 5.82 Å². The smallest absolute Gasteiger partial charge is 0.287 e. The molecular weight excluding hydrogens is 437 g/mol. The normalized spacial score (nSPS) is 11.3. The van der Waals surface area contributed by atoms with Crippen LogP contribution in [0.1, 0.15) is 21.9 Å². The van der Waals surface area contributed by atoms with Crippen LogP contribution in [0.15, 0.2) is 74.4 Å². The Bertz CT molecular complexity index is 1060. The summed E-state index contributed by atoms with van der Waals surface area (Å²) in [5.41, 5.74) is 0.571. The maximum Gasteiger partial charge on any atom is 0.287 e. The minimum Gasteiger partial charge on any atom is -0.455 e. The molecule has 0 radical (unpaired) electrons. The summed E-state index contributed by atoms with van der Waals surface area (Å²) in [5.74, 6) is -1.13. The molecule has 1 N–H and O–H groups in total. The van der Waals surface area contributed by atoms with E-state index in [-0.39, 0.29) is 28.7 Å². The first-order chi connectivity index (χ1) is 12.8. The number of hydrogen-bond donors (Lipinski definition) is 1. The summed E-state index contributed by atoms with van der Waals surface area (Å²) in [4.78, 5) is 12.4. The highest BCUT2D eigenvalue weighted by atomic mass is 79.9. The Morgan fingerprint density at radius 1 is 1.07 bits per heavy atom. The zero-order chi connectivity index (χ0) is 19.4. The number of furan rings is 1. The number of amides is 1. The Morgan fingerprint density at radius 2 is 1.81 bits per heavy atom. The van der Waals surface area contributed by atoms with E-state index in [0.29, 0.717) is 10.0 Å². The molecule has 3 rings (SSSR count). The van der Waals surface area contributed by atoms with Gasteiger partial charge in [0, 0.05) is 11.0 Å². The lowest BCUT2D eigenvalue weighted by Crippen LogP contribution is -2.22. The monoisotopic (exact) mass is 451 g/mol. The molecule has 0 saturated heterocycles. The highest BCUT2D eigenvalue weighted by molar-refractivity contribution is 9.10. The zero-order valence-corrected chi connectivity index (χ0v) is 16.4. The van der Waals surface area contributed by atoms with E-state index in [9.17, 15) is 17.6 Å². The molecule has 0 aliphatic carbocycles. The topological polar surface area (TPSA) is 76.4 Å². The zero-order valence-electron chi connectivity index (χ0n) is 14.0. The summed E-state index contributed by atoms with van der Waals surface area (Å²) < 4.78 is 44.0. The molecule has 1 heterocycles. The van der Waals surface area contributed by atoms with Crippen LogP contribution < -0.4 is 5.32 Å². The van der Waals surface area contributed by atoms with Crippen LogP contribution in [0.25, 0.3) is 0 Å². The number of carbonyl (C=O) groups is 1. The Labute approximate surface area is 164 Å². The number of sulfone groups is 1. The van der Waals surface area contributed by atoms with Gasteiger partial charge in [-0.2, -0.15) is 0 Å². The van der Waals surface area contributed by atoms with Crippen molar-refractivity contribution in [2.45, 2.75) is 17.2 Å². The molecule has 0 bridgehead atoms. The molecular formula is C19H15BrFNO4S. The molecule has 0 fully saturated rings. The SMILES string of the molecule is O=C(NCc1cc(F)ccc1Br)c1ccc(CS(=O)(=O)c2ccccc2)o1. The van der Waals surface area contributed by atoms with Gasteiger partial charge < -0.3 is 9.73 Å². The lowest BCUT2D eigenvalue weighted by Gasteiger charge is -2.06. The fourth-order valence-electron chi connectivity index (χ4n) is 2.42. The molecule has 0 saturated carbocycles. The first kappa shape index (κ1) is 19.3. The molecule has 0 spiro atoms. The van der Waals surface area contributed by atoms with Gasteiger partial charge in [0.25, 0.3) is 5.91 Å². The Balaban J connectivity index is 1.66. The van der Waals surface area contributed by atoms with Gasteiger partial charge in [-0.25, -0.2) is 12.8 Å². The highest BCUT2D eigenvalue weighted by Gasteiger charge is 2.19. The first-order valence-electron chi connectivity index (χ1n) is 7.94. The van der Waals surface area contributed by atoms with E-state index in [4.69, 9.17) is 4.42 Å². The summed E-state index contributed by atoms with van der Waals surface area (Å²) in [6.07, 6.45) is 0. The molecule has 0 aliphatic rings. The van der Waals surface area contributed by atoms with Crippen molar-refractivity contribution in [2.75, 3.05) is 0 Å². The minimum absolute atomic E-state index is 0.0132. The summed E-state index contributed by atoms with van der Waals surface area (Å²) in [7, 11) is -3.56. The lowest BCUT2D eigenvalue weighted by molar-refractivity contribution is 0.0921. The summed E-state index contributed by atoms with van der Waals surface area (Å²) in [6, 6.07) is 15.0. The van der Waals surface area contributed by atoms with Gasteiger partial charge in [-0.3, -0.25) is 4.79 Å². The molecule has 0 aliphatic heterocycles. The van der Waals surface area contributed by atoms with Crippen LogP contribution in [0.2, 0.25) is 0 Å². The van der Waals surface area contributed by atoms with E-state index < -0.39 is 21.6 Å². The number of halogens is 2. The highest BCUT2D eigenvalue weighted by Crippen LogP contribution is 2.19. The quantitative estimate of drug-likeness (QED) is 0.612. The second-order valence-electron chi connectivity index (χ2n) is 5.76. The molecule has 3 aromatic rings. The van der Waals surface area contributed by atoms with Gasteiger partial charge in [-0.05, 0) is 48.0 Å². The van der Waals surface area contributed by atoms with Crippen molar-refractivity contribution in [3.05, 3.63) is 88.0 Å². The van der Waals surface area contributed by atoms with Gasteiger partial charge >= 0.3 is 0 Å². The van der Waals surface area contributed by atoms with Crippen LogP contribution in [0.4, 0.5) is 4.39 Å². The standard InChI is InChI=1S/C19H15BrFNO4S/c20-17-8-6-14(21)10-13(17)11-22-19(23)18-9-7-15(26-18)12-27(24,25)16-4-2-1-3-5-16/h1-10H,11-12H2,(H,22,23). The predicted molar refractivity (Wildman–Crippen MR) is 101 cm³/mol. The van der Waals surface area contributed by atoms with Crippen LogP contribution in [-0.2, 0) is 22.1 Å². The van der Waals surface area contributed by atoms with E-state index in [1.165, 1.54) is 36.4 Å². The Morgan fingerprint density at radius 3 is 2.56 bits per heavy atom. The number of carbonyl (C=O) groups excluding carboxylic acids is 1. The molecule has 27 heavy (non-hydrogen) atoms. The second-order valence-corrected chi connectivity index (χ2v) is 8.60. The molecule has 5 nitrogen and oxygen atoms in total. The van der Waals surface area contributed by atoms with Gasteiger partial charge in [0.1, 0.15) is 17.3 Å². The average Bonchev–Trinajstić information content (AvgIpc) is 3.11. The van der Waals surface area contributed by atoms with Gasteiger partial charge in [-0.1, -0.05) is 34.1 Å².